The van der Waals surface area contributed by atoms with Crippen molar-refractivity contribution in [2.75, 3.05) is 14.2 Å². The van der Waals surface area contributed by atoms with E-state index in [1.807, 2.05) is 16.8 Å². The lowest BCUT2D eigenvalue weighted by atomic mass is 10.1. The predicted molar refractivity (Wildman–Crippen MR) is 79.0 cm³/mol. The van der Waals surface area contributed by atoms with E-state index in [2.05, 4.69) is 46.5 Å². The Morgan fingerprint density at radius 3 is 2.67 bits per heavy atom. The van der Waals surface area contributed by atoms with Gasteiger partial charge in [-0.25, -0.2) is 4.68 Å². The molecule has 3 rings (SSSR count). The third-order valence-electron chi connectivity index (χ3n) is 4.10. The van der Waals surface area contributed by atoms with Crippen LogP contribution in [-0.4, -0.2) is 39.3 Å². The molecule has 6 nitrogen and oxygen atoms in total. The van der Waals surface area contributed by atoms with Crippen molar-refractivity contribution in [1.29, 1.82) is 0 Å². The van der Waals surface area contributed by atoms with Crippen molar-refractivity contribution in [1.82, 2.24) is 25.1 Å². The van der Waals surface area contributed by atoms with E-state index in [4.69, 9.17) is 4.74 Å². The largest absolute Gasteiger partial charge is 0.497 e. The third kappa shape index (κ3) is 3.05. The van der Waals surface area contributed by atoms with Crippen molar-refractivity contribution < 1.29 is 4.74 Å². The summed E-state index contributed by atoms with van der Waals surface area (Å²) in [6, 6.07) is 9.00. The van der Waals surface area contributed by atoms with Crippen LogP contribution < -0.4 is 4.74 Å². The number of nitrogens with zero attached hydrogens (tertiary/aromatic N) is 5. The molecule has 1 aromatic carbocycles. The van der Waals surface area contributed by atoms with E-state index in [-0.39, 0.29) is 0 Å². The van der Waals surface area contributed by atoms with Crippen LogP contribution in [0.2, 0.25) is 0 Å². The maximum atomic E-state index is 5.20. The smallest absolute Gasteiger partial charge is 0.165 e. The molecule has 1 aromatic heterocycles. The zero-order valence-corrected chi connectivity index (χ0v) is 12.7. The first-order valence-electron chi connectivity index (χ1n) is 7.30. The zero-order valence-electron chi connectivity index (χ0n) is 12.7. The number of methoxy groups -OCH3 is 1. The first kappa shape index (κ1) is 14.0. The molecule has 1 heterocycles. The molecular weight excluding hydrogens is 266 g/mol. The molecule has 1 atom stereocenters. The average Bonchev–Trinajstić information content (AvgIpc) is 3.26. The van der Waals surface area contributed by atoms with E-state index < -0.39 is 0 Å². The molecule has 0 unspecified atom stereocenters. The first-order valence-corrected chi connectivity index (χ1v) is 7.30. The average molecular weight is 287 g/mol. The van der Waals surface area contributed by atoms with Crippen LogP contribution in [0, 0.1) is 0 Å². The molecule has 1 aliphatic carbocycles. The molecule has 0 saturated heterocycles. The van der Waals surface area contributed by atoms with Crippen LogP contribution >= 0.6 is 0 Å². The summed E-state index contributed by atoms with van der Waals surface area (Å²) in [7, 11) is 3.78. The molecule has 0 bridgehead atoms. The Bertz CT molecular complexity index is 590. The number of aromatic nitrogens is 4. The molecule has 21 heavy (non-hydrogen) atoms. The first-order chi connectivity index (χ1) is 10.2. The van der Waals surface area contributed by atoms with Gasteiger partial charge >= 0.3 is 0 Å². The summed E-state index contributed by atoms with van der Waals surface area (Å²) in [4.78, 5) is 2.26. The second-order valence-corrected chi connectivity index (χ2v) is 5.64. The molecule has 0 aliphatic heterocycles. The molecule has 6 heteroatoms. The van der Waals surface area contributed by atoms with Crippen LogP contribution in [0.5, 0.6) is 5.75 Å². The highest BCUT2D eigenvalue weighted by atomic mass is 16.5. The number of hydrogen-bond donors (Lipinski definition) is 0. The second-order valence-electron chi connectivity index (χ2n) is 5.64. The Balaban J connectivity index is 1.68. The fourth-order valence-electron chi connectivity index (χ4n) is 2.42. The van der Waals surface area contributed by atoms with Gasteiger partial charge in [0.2, 0.25) is 0 Å². The number of hydrogen-bond acceptors (Lipinski definition) is 5. The number of benzene rings is 1. The minimum atomic E-state index is 0.292. The van der Waals surface area contributed by atoms with Crippen molar-refractivity contribution in [3.05, 3.63) is 35.7 Å². The Morgan fingerprint density at radius 1 is 1.33 bits per heavy atom. The van der Waals surface area contributed by atoms with Gasteiger partial charge in [0.05, 0.1) is 19.7 Å². The molecule has 1 fully saturated rings. The Morgan fingerprint density at radius 2 is 2.05 bits per heavy atom. The van der Waals surface area contributed by atoms with E-state index in [9.17, 15) is 0 Å². The molecule has 0 amide bonds. The molecule has 112 valence electrons. The summed E-state index contributed by atoms with van der Waals surface area (Å²) >= 11 is 0. The van der Waals surface area contributed by atoms with Crippen molar-refractivity contribution in [2.45, 2.75) is 38.4 Å². The van der Waals surface area contributed by atoms with Gasteiger partial charge in [-0.05, 0) is 54.9 Å². The van der Waals surface area contributed by atoms with Gasteiger partial charge in [-0.2, -0.15) is 0 Å². The standard InChI is InChI=1S/C15H21N5O/c1-11(12-4-8-14(21-3)9-5-12)19(2)10-15-16-17-18-20(15)13-6-7-13/h4-5,8-9,11,13H,6-7,10H2,1-3H3/t11-/m0/s1. The maximum absolute atomic E-state index is 5.20. The number of tetrazole rings is 1. The van der Waals surface area contributed by atoms with Gasteiger partial charge in [-0.15, -0.1) is 5.10 Å². The SMILES string of the molecule is COc1ccc([C@H](C)N(C)Cc2nnnn2C2CC2)cc1. The summed E-state index contributed by atoms with van der Waals surface area (Å²) in [6.45, 7) is 2.93. The second kappa shape index (κ2) is 5.81. The van der Waals surface area contributed by atoms with E-state index >= 15 is 0 Å². The highest BCUT2D eigenvalue weighted by Gasteiger charge is 2.28. The van der Waals surface area contributed by atoms with Crippen LogP contribution in [0.3, 0.4) is 0 Å². The lowest BCUT2D eigenvalue weighted by molar-refractivity contribution is 0.241. The fraction of sp³-hybridized carbons (Fsp3) is 0.533. The van der Waals surface area contributed by atoms with Crippen molar-refractivity contribution in [3.63, 3.8) is 0 Å². The Kier molecular flexibility index (Phi) is 3.88. The Hall–Kier alpha value is -1.95. The van der Waals surface area contributed by atoms with Gasteiger partial charge in [0, 0.05) is 6.04 Å². The maximum Gasteiger partial charge on any atom is 0.165 e. The quantitative estimate of drug-likeness (QED) is 0.815. The summed E-state index contributed by atoms with van der Waals surface area (Å²) in [5, 5.41) is 12.1. The summed E-state index contributed by atoms with van der Waals surface area (Å²) in [5.41, 5.74) is 1.25. The van der Waals surface area contributed by atoms with Crippen molar-refractivity contribution >= 4 is 0 Å². The molecule has 2 aromatic rings. The normalized spacial score (nSPS) is 16.2. The molecular formula is C15H21N5O. The molecule has 1 saturated carbocycles. The summed E-state index contributed by atoms with van der Waals surface area (Å²) in [5.74, 6) is 1.83. The Labute approximate surface area is 124 Å². The lowest BCUT2D eigenvalue weighted by Gasteiger charge is -2.24. The zero-order chi connectivity index (χ0) is 14.8. The highest BCUT2D eigenvalue weighted by Crippen LogP contribution is 2.34. The van der Waals surface area contributed by atoms with Gasteiger partial charge in [0.15, 0.2) is 5.82 Å². The minimum absolute atomic E-state index is 0.292. The van der Waals surface area contributed by atoms with Gasteiger partial charge in [-0.1, -0.05) is 12.1 Å². The lowest BCUT2D eigenvalue weighted by Crippen LogP contribution is -2.24. The summed E-state index contributed by atoms with van der Waals surface area (Å²) < 4.78 is 7.17. The van der Waals surface area contributed by atoms with E-state index in [0.29, 0.717) is 12.1 Å². The summed E-state index contributed by atoms with van der Waals surface area (Å²) in [6.07, 6.45) is 2.38. The molecule has 0 N–H and O–H groups in total. The topological polar surface area (TPSA) is 56.1 Å². The molecule has 0 radical (unpaired) electrons. The van der Waals surface area contributed by atoms with Crippen LogP contribution in [-0.2, 0) is 6.54 Å². The van der Waals surface area contributed by atoms with E-state index in [1.54, 1.807) is 7.11 Å². The third-order valence-corrected chi connectivity index (χ3v) is 4.10. The van der Waals surface area contributed by atoms with E-state index in [1.165, 1.54) is 18.4 Å². The van der Waals surface area contributed by atoms with Crippen LogP contribution in [0.15, 0.2) is 24.3 Å². The van der Waals surface area contributed by atoms with Gasteiger partial charge in [-0.3, -0.25) is 4.90 Å². The number of ether oxygens (including phenoxy) is 1. The van der Waals surface area contributed by atoms with Crippen molar-refractivity contribution in [3.8, 4) is 5.75 Å². The number of rotatable bonds is 6. The van der Waals surface area contributed by atoms with Crippen LogP contribution in [0.4, 0.5) is 0 Å². The highest BCUT2D eigenvalue weighted by molar-refractivity contribution is 5.28. The monoisotopic (exact) mass is 287 g/mol. The molecule has 0 spiro atoms. The van der Waals surface area contributed by atoms with Gasteiger partial charge in [0.1, 0.15) is 5.75 Å². The van der Waals surface area contributed by atoms with E-state index in [0.717, 1.165) is 18.1 Å². The van der Waals surface area contributed by atoms with Crippen molar-refractivity contribution in [2.24, 2.45) is 0 Å². The van der Waals surface area contributed by atoms with Gasteiger partial charge in [0.25, 0.3) is 0 Å². The van der Waals surface area contributed by atoms with Crippen LogP contribution in [0.25, 0.3) is 0 Å². The van der Waals surface area contributed by atoms with Crippen LogP contribution in [0.1, 0.15) is 43.2 Å². The minimum Gasteiger partial charge on any atom is -0.497 e. The predicted octanol–water partition coefficient (Wildman–Crippen LogP) is 2.21. The van der Waals surface area contributed by atoms with Gasteiger partial charge < -0.3 is 4.74 Å². The molecule has 1 aliphatic rings. The fourth-order valence-corrected chi connectivity index (χ4v) is 2.42.